The molecule has 1 fully saturated rings. The lowest BCUT2D eigenvalue weighted by molar-refractivity contribution is -0.136. The van der Waals surface area contributed by atoms with Crippen LogP contribution < -0.4 is 10.6 Å². The summed E-state index contributed by atoms with van der Waals surface area (Å²) < 4.78 is 18.7. The van der Waals surface area contributed by atoms with Crippen molar-refractivity contribution in [1.82, 2.24) is 15.6 Å². The normalized spacial score (nSPS) is 22.8. The van der Waals surface area contributed by atoms with Gasteiger partial charge in [-0.25, -0.2) is 14.2 Å². The Labute approximate surface area is 187 Å². The number of aromatic nitrogens is 1. The Bertz CT molecular complexity index is 1080. The number of allylic oxidation sites excluding steroid dienone is 1. The standard InChI is InChI=1S/C21H20ClFN4O3S/c1-10(28)25-13-7-11(8-13)17-16(21(29)30-2)18(14-4-3-12(23)9-15(14)22)27-19(26-17)20-24-5-6-31-20/h3-6,9,11,13,18H,7-8H2,1-2H3,(H,25,28)(H,26,27)/t11-,13-,18-/m1/s1. The zero-order chi connectivity index (χ0) is 22.1. The highest BCUT2D eigenvalue weighted by Gasteiger charge is 2.41. The number of amides is 1. The maximum Gasteiger partial charge on any atom is 0.338 e. The van der Waals surface area contributed by atoms with Crippen LogP contribution >= 0.6 is 22.9 Å². The lowest BCUT2D eigenvalue weighted by atomic mass is 9.75. The van der Waals surface area contributed by atoms with Crippen molar-refractivity contribution in [3.05, 3.63) is 62.5 Å². The topological polar surface area (TPSA) is 92.7 Å². The van der Waals surface area contributed by atoms with Gasteiger partial charge in [0, 0.05) is 46.7 Å². The Morgan fingerprint density at radius 1 is 1.35 bits per heavy atom. The first-order valence-corrected chi connectivity index (χ1v) is 10.9. The molecule has 31 heavy (non-hydrogen) atoms. The predicted molar refractivity (Wildman–Crippen MR) is 115 cm³/mol. The summed E-state index contributed by atoms with van der Waals surface area (Å²) in [5.41, 5.74) is 1.48. The highest BCUT2D eigenvalue weighted by Crippen LogP contribution is 2.42. The second-order valence-corrected chi connectivity index (χ2v) is 8.69. The van der Waals surface area contributed by atoms with Gasteiger partial charge in [0.1, 0.15) is 11.9 Å². The minimum absolute atomic E-state index is 0.0156. The van der Waals surface area contributed by atoms with Crippen LogP contribution in [0, 0.1) is 11.7 Å². The van der Waals surface area contributed by atoms with Gasteiger partial charge in [-0.2, -0.15) is 0 Å². The van der Waals surface area contributed by atoms with E-state index in [0.717, 1.165) is 0 Å². The van der Waals surface area contributed by atoms with Crippen LogP contribution in [-0.4, -0.2) is 35.8 Å². The summed E-state index contributed by atoms with van der Waals surface area (Å²) in [4.78, 5) is 33.3. The van der Waals surface area contributed by atoms with Crippen LogP contribution in [0.5, 0.6) is 0 Å². The lowest BCUT2D eigenvalue weighted by Crippen LogP contribution is -2.48. The van der Waals surface area contributed by atoms with Crippen molar-refractivity contribution in [2.24, 2.45) is 10.9 Å². The van der Waals surface area contributed by atoms with E-state index in [1.54, 1.807) is 6.20 Å². The van der Waals surface area contributed by atoms with Gasteiger partial charge in [0.2, 0.25) is 5.91 Å². The number of ether oxygens (including phenoxy) is 1. The number of carbonyl (C=O) groups is 2. The molecule has 0 spiro atoms. The van der Waals surface area contributed by atoms with Crippen LogP contribution in [0.4, 0.5) is 4.39 Å². The molecule has 1 aromatic carbocycles. The molecule has 162 valence electrons. The molecule has 1 atom stereocenters. The van der Waals surface area contributed by atoms with Crippen LogP contribution in [0.3, 0.4) is 0 Å². The smallest absolute Gasteiger partial charge is 0.338 e. The molecule has 2 heterocycles. The van der Waals surface area contributed by atoms with Crippen LogP contribution in [0.2, 0.25) is 5.02 Å². The SMILES string of the molecule is COC(=O)C1=C([C@H]2C[C@H](NC(C)=O)C2)NC(c2nccs2)=N[C@@H]1c1ccc(F)cc1Cl. The molecule has 0 bridgehead atoms. The number of amidine groups is 1. The zero-order valence-electron chi connectivity index (χ0n) is 16.8. The summed E-state index contributed by atoms with van der Waals surface area (Å²) in [6.45, 7) is 1.48. The Morgan fingerprint density at radius 3 is 2.74 bits per heavy atom. The zero-order valence-corrected chi connectivity index (χ0v) is 18.4. The number of carbonyl (C=O) groups excluding carboxylic acids is 2. The fourth-order valence-corrected chi connectivity index (χ4v) is 4.74. The van der Waals surface area contributed by atoms with Crippen molar-refractivity contribution in [3.8, 4) is 0 Å². The summed E-state index contributed by atoms with van der Waals surface area (Å²) in [6, 6.07) is 3.26. The molecule has 1 aromatic heterocycles. The second-order valence-electron chi connectivity index (χ2n) is 7.39. The first-order chi connectivity index (χ1) is 14.9. The van der Waals surface area contributed by atoms with E-state index in [9.17, 15) is 14.0 Å². The molecule has 1 aliphatic heterocycles. The van der Waals surface area contributed by atoms with Crippen molar-refractivity contribution in [3.63, 3.8) is 0 Å². The van der Waals surface area contributed by atoms with Crippen molar-refractivity contribution >= 4 is 40.6 Å². The monoisotopic (exact) mass is 462 g/mol. The second kappa shape index (κ2) is 8.76. The summed E-state index contributed by atoms with van der Waals surface area (Å²) in [5, 5.41) is 8.82. The van der Waals surface area contributed by atoms with Gasteiger partial charge in [-0.3, -0.25) is 9.79 Å². The first-order valence-electron chi connectivity index (χ1n) is 9.66. The van der Waals surface area contributed by atoms with E-state index in [1.807, 2.05) is 5.38 Å². The van der Waals surface area contributed by atoms with E-state index in [-0.39, 0.29) is 22.9 Å². The van der Waals surface area contributed by atoms with Gasteiger partial charge in [0.05, 0.1) is 12.7 Å². The number of aliphatic imine (C=N–C) groups is 1. The predicted octanol–water partition coefficient (Wildman–Crippen LogP) is 3.37. The van der Waals surface area contributed by atoms with Gasteiger partial charge in [-0.1, -0.05) is 17.7 Å². The van der Waals surface area contributed by atoms with E-state index >= 15 is 0 Å². The average molecular weight is 463 g/mol. The number of benzene rings is 1. The average Bonchev–Trinajstić information content (AvgIpc) is 3.24. The Hall–Kier alpha value is -2.78. The number of halogens is 2. The molecule has 0 unspecified atom stereocenters. The molecule has 0 radical (unpaired) electrons. The first kappa shape index (κ1) is 21.5. The number of hydrogen-bond donors (Lipinski definition) is 2. The maximum atomic E-state index is 13.7. The van der Waals surface area contributed by atoms with Gasteiger partial charge < -0.3 is 15.4 Å². The van der Waals surface area contributed by atoms with E-state index in [0.29, 0.717) is 40.5 Å². The van der Waals surface area contributed by atoms with Gasteiger partial charge >= 0.3 is 5.97 Å². The van der Waals surface area contributed by atoms with E-state index in [2.05, 4.69) is 15.6 Å². The van der Waals surface area contributed by atoms with Crippen LogP contribution in [-0.2, 0) is 14.3 Å². The number of nitrogens with zero attached hydrogens (tertiary/aromatic N) is 2. The van der Waals surface area contributed by atoms with Crippen molar-refractivity contribution in [2.45, 2.75) is 31.8 Å². The fourth-order valence-electron chi connectivity index (χ4n) is 3.88. The lowest BCUT2D eigenvalue weighted by Gasteiger charge is -2.40. The molecular weight excluding hydrogens is 443 g/mol. The van der Waals surface area contributed by atoms with Crippen molar-refractivity contribution < 1.29 is 18.7 Å². The van der Waals surface area contributed by atoms with Crippen molar-refractivity contribution in [1.29, 1.82) is 0 Å². The van der Waals surface area contributed by atoms with Gasteiger partial charge in [-0.05, 0) is 25.0 Å². The highest BCUT2D eigenvalue weighted by atomic mass is 35.5. The minimum atomic E-state index is -0.782. The Morgan fingerprint density at radius 2 is 2.13 bits per heavy atom. The van der Waals surface area contributed by atoms with Gasteiger partial charge in [0.15, 0.2) is 10.8 Å². The van der Waals surface area contributed by atoms with Crippen molar-refractivity contribution in [2.75, 3.05) is 7.11 Å². The third-order valence-corrected chi connectivity index (χ3v) is 6.43. The van der Waals surface area contributed by atoms with Crippen LogP contribution in [0.25, 0.3) is 0 Å². The van der Waals surface area contributed by atoms with E-state index in [1.165, 1.54) is 43.6 Å². The van der Waals surface area contributed by atoms with Gasteiger partial charge in [-0.15, -0.1) is 11.3 Å². The van der Waals surface area contributed by atoms with E-state index in [4.69, 9.17) is 21.3 Å². The number of thiazole rings is 1. The van der Waals surface area contributed by atoms with Crippen LogP contribution in [0.15, 0.2) is 46.0 Å². The summed E-state index contributed by atoms with van der Waals surface area (Å²) in [7, 11) is 1.30. The number of nitrogens with one attached hydrogen (secondary N) is 2. The molecule has 10 heteroatoms. The summed E-state index contributed by atoms with van der Waals surface area (Å²) >= 11 is 7.74. The number of methoxy groups -OCH3 is 1. The minimum Gasteiger partial charge on any atom is -0.466 e. The molecule has 7 nitrogen and oxygen atoms in total. The summed E-state index contributed by atoms with van der Waals surface area (Å²) in [6.07, 6.45) is 2.99. The summed E-state index contributed by atoms with van der Waals surface area (Å²) in [5.74, 6) is -0.627. The number of hydrogen-bond acceptors (Lipinski definition) is 7. The number of esters is 1. The Balaban J connectivity index is 1.79. The third-order valence-electron chi connectivity index (χ3n) is 5.33. The molecule has 0 saturated heterocycles. The molecular formula is C21H20ClFN4O3S. The molecule has 2 aromatic rings. The molecule has 4 rings (SSSR count). The third kappa shape index (κ3) is 4.33. The molecule has 2 aliphatic rings. The molecule has 2 N–H and O–H groups in total. The Kier molecular flexibility index (Phi) is 6.06. The molecule has 1 aliphatic carbocycles. The quantitative estimate of drug-likeness (QED) is 0.664. The largest absolute Gasteiger partial charge is 0.466 e. The highest BCUT2D eigenvalue weighted by molar-refractivity contribution is 7.11. The fraction of sp³-hybridized carbons (Fsp3) is 0.333. The maximum absolute atomic E-state index is 13.7. The molecule has 1 saturated carbocycles. The number of rotatable bonds is 5. The van der Waals surface area contributed by atoms with E-state index < -0.39 is 17.8 Å². The van der Waals surface area contributed by atoms with Gasteiger partial charge in [0.25, 0.3) is 0 Å². The van der Waals surface area contributed by atoms with Crippen LogP contribution in [0.1, 0.15) is 36.4 Å². The molecule has 1 amide bonds.